The highest BCUT2D eigenvalue weighted by Gasteiger charge is 2.30. The predicted octanol–water partition coefficient (Wildman–Crippen LogP) is 2.49. The highest BCUT2D eigenvalue weighted by Crippen LogP contribution is 2.28. The molecule has 2 N–H and O–H groups in total. The average Bonchev–Trinajstić information content (AvgIpc) is 2.67. The molecule has 2 aliphatic heterocycles. The topological polar surface area (TPSA) is 62.8 Å². The van der Waals surface area contributed by atoms with Crippen LogP contribution in [0.25, 0.3) is 0 Å². The summed E-state index contributed by atoms with van der Waals surface area (Å²) in [4.78, 5) is 14.8. The number of rotatable bonds is 5. The molecule has 1 aromatic rings. The van der Waals surface area contributed by atoms with Crippen LogP contribution in [0.2, 0.25) is 0 Å². The van der Waals surface area contributed by atoms with Crippen molar-refractivity contribution >= 4 is 11.6 Å². The maximum atomic E-state index is 12.8. The summed E-state index contributed by atoms with van der Waals surface area (Å²) in [5.41, 5.74) is 0.998. The zero-order valence-electron chi connectivity index (χ0n) is 16.1. The Balaban J connectivity index is 1.53. The lowest BCUT2D eigenvalue weighted by molar-refractivity contribution is -0.137. The molecular weight excluding hydrogens is 330 g/mol. The molecule has 0 bridgehead atoms. The van der Waals surface area contributed by atoms with Gasteiger partial charge in [0, 0.05) is 55.0 Å². The minimum absolute atomic E-state index is 0.193. The van der Waals surface area contributed by atoms with Gasteiger partial charge < -0.3 is 25.0 Å². The van der Waals surface area contributed by atoms with Crippen LogP contribution >= 0.6 is 0 Å². The number of ether oxygens (including phenoxy) is 2. The number of nitrogens with one attached hydrogen (secondary N) is 2. The Morgan fingerprint density at radius 2 is 1.77 bits per heavy atom. The number of nitrogens with zero attached hydrogens (tertiary/aromatic N) is 1. The van der Waals surface area contributed by atoms with Crippen molar-refractivity contribution in [1.29, 1.82) is 0 Å². The molecule has 2 saturated heterocycles. The van der Waals surface area contributed by atoms with Crippen LogP contribution in [0, 0.1) is 5.92 Å². The number of hydrogen-bond acceptors (Lipinski definition) is 5. The molecule has 0 saturated carbocycles. The van der Waals surface area contributed by atoms with Crippen LogP contribution in [-0.2, 0) is 4.79 Å². The van der Waals surface area contributed by atoms with Crippen molar-refractivity contribution in [2.24, 2.45) is 5.92 Å². The molecule has 3 rings (SSSR count). The normalized spacial score (nSPS) is 24.2. The van der Waals surface area contributed by atoms with Crippen LogP contribution < -0.4 is 20.1 Å². The van der Waals surface area contributed by atoms with Gasteiger partial charge in [0.25, 0.3) is 0 Å². The van der Waals surface area contributed by atoms with Crippen LogP contribution in [0.5, 0.6) is 11.5 Å². The lowest BCUT2D eigenvalue weighted by Gasteiger charge is -2.37. The van der Waals surface area contributed by atoms with Gasteiger partial charge in [-0.1, -0.05) is 0 Å². The molecule has 0 aliphatic carbocycles. The molecular formula is C20H31N3O3. The van der Waals surface area contributed by atoms with Crippen molar-refractivity contribution in [2.45, 2.75) is 44.7 Å². The molecule has 6 nitrogen and oxygen atoms in total. The number of anilines is 1. The van der Waals surface area contributed by atoms with Crippen molar-refractivity contribution in [1.82, 2.24) is 10.2 Å². The third-order valence-electron chi connectivity index (χ3n) is 5.50. The first kappa shape index (κ1) is 18.8. The van der Waals surface area contributed by atoms with Crippen LogP contribution in [0.4, 0.5) is 5.69 Å². The van der Waals surface area contributed by atoms with Gasteiger partial charge in [0.2, 0.25) is 5.91 Å². The largest absolute Gasteiger partial charge is 0.497 e. The summed E-state index contributed by atoms with van der Waals surface area (Å²) >= 11 is 0. The highest BCUT2D eigenvalue weighted by atomic mass is 16.5. The van der Waals surface area contributed by atoms with E-state index in [4.69, 9.17) is 9.47 Å². The van der Waals surface area contributed by atoms with Crippen LogP contribution in [0.1, 0.15) is 32.6 Å². The van der Waals surface area contributed by atoms with Gasteiger partial charge in [-0.25, -0.2) is 0 Å². The maximum absolute atomic E-state index is 12.8. The molecule has 0 radical (unpaired) electrons. The summed E-state index contributed by atoms with van der Waals surface area (Å²) in [5.74, 6) is 2.09. The zero-order chi connectivity index (χ0) is 18.5. The van der Waals surface area contributed by atoms with E-state index in [1.54, 1.807) is 14.2 Å². The number of carbonyl (C=O) groups is 1. The number of carbonyl (C=O) groups excluding carboxylic acids is 1. The Hall–Kier alpha value is -1.95. The first-order chi connectivity index (χ1) is 12.6. The van der Waals surface area contributed by atoms with Crippen LogP contribution in [0.3, 0.4) is 0 Å². The van der Waals surface area contributed by atoms with Gasteiger partial charge in [-0.2, -0.15) is 0 Å². The van der Waals surface area contributed by atoms with Gasteiger partial charge >= 0.3 is 0 Å². The molecule has 26 heavy (non-hydrogen) atoms. The average molecular weight is 361 g/mol. The monoisotopic (exact) mass is 361 g/mol. The van der Waals surface area contributed by atoms with E-state index in [-0.39, 0.29) is 5.92 Å². The second-order valence-corrected chi connectivity index (χ2v) is 7.42. The van der Waals surface area contributed by atoms with Crippen molar-refractivity contribution in [3.63, 3.8) is 0 Å². The van der Waals surface area contributed by atoms with Crippen molar-refractivity contribution < 1.29 is 14.3 Å². The first-order valence-electron chi connectivity index (χ1n) is 9.61. The molecule has 1 amide bonds. The van der Waals surface area contributed by atoms with Crippen LogP contribution in [0.15, 0.2) is 18.2 Å². The molecule has 0 aromatic heterocycles. The molecule has 2 aliphatic rings. The third-order valence-corrected chi connectivity index (χ3v) is 5.50. The Labute approximate surface area is 156 Å². The molecule has 1 aromatic carbocycles. The number of methoxy groups -OCH3 is 2. The lowest BCUT2D eigenvalue weighted by Crippen LogP contribution is -2.48. The molecule has 2 fully saturated rings. The summed E-state index contributed by atoms with van der Waals surface area (Å²) < 4.78 is 10.7. The second-order valence-electron chi connectivity index (χ2n) is 7.42. The fraction of sp³-hybridized carbons (Fsp3) is 0.650. The summed E-state index contributed by atoms with van der Waals surface area (Å²) in [6.45, 7) is 4.77. The number of benzene rings is 1. The molecule has 144 valence electrons. The summed E-state index contributed by atoms with van der Waals surface area (Å²) in [6, 6.07) is 6.64. The van der Waals surface area contributed by atoms with Crippen molar-refractivity contribution in [3.8, 4) is 11.5 Å². The van der Waals surface area contributed by atoms with Crippen molar-refractivity contribution in [3.05, 3.63) is 18.2 Å². The number of likely N-dealkylation sites (tertiary alicyclic amines) is 1. The third kappa shape index (κ3) is 4.61. The van der Waals surface area contributed by atoms with Crippen LogP contribution in [-0.4, -0.2) is 56.7 Å². The summed E-state index contributed by atoms with van der Waals surface area (Å²) in [7, 11) is 3.31. The Kier molecular flexibility index (Phi) is 6.25. The van der Waals surface area contributed by atoms with E-state index >= 15 is 0 Å². The second kappa shape index (κ2) is 8.62. The number of hydrogen-bond donors (Lipinski definition) is 2. The fourth-order valence-electron chi connectivity index (χ4n) is 3.99. The van der Waals surface area contributed by atoms with Gasteiger partial charge in [-0.3, -0.25) is 4.79 Å². The minimum Gasteiger partial charge on any atom is -0.497 e. The predicted molar refractivity (Wildman–Crippen MR) is 103 cm³/mol. The van der Waals surface area contributed by atoms with Gasteiger partial charge in [0.05, 0.1) is 14.2 Å². The van der Waals surface area contributed by atoms with Crippen molar-refractivity contribution in [2.75, 3.05) is 39.2 Å². The summed E-state index contributed by atoms with van der Waals surface area (Å²) in [6.07, 6.45) is 3.85. The SMILES string of the molecule is COc1cc(NC2CCN(C(=O)[C@H]3CCN[C@@H](C)C3)CC2)cc(OC)c1. The van der Waals surface area contributed by atoms with Gasteiger partial charge in [0.1, 0.15) is 11.5 Å². The fourth-order valence-corrected chi connectivity index (χ4v) is 3.99. The van der Waals surface area contributed by atoms with E-state index in [0.717, 1.165) is 62.5 Å². The van der Waals surface area contributed by atoms with E-state index in [2.05, 4.69) is 22.5 Å². The van der Waals surface area contributed by atoms with E-state index in [1.807, 2.05) is 18.2 Å². The highest BCUT2D eigenvalue weighted by molar-refractivity contribution is 5.79. The lowest BCUT2D eigenvalue weighted by atomic mass is 9.91. The molecule has 0 unspecified atom stereocenters. The minimum atomic E-state index is 0.193. The van der Waals surface area contributed by atoms with E-state index < -0.39 is 0 Å². The quantitative estimate of drug-likeness (QED) is 0.844. The first-order valence-corrected chi connectivity index (χ1v) is 9.61. The Morgan fingerprint density at radius 3 is 2.35 bits per heavy atom. The molecule has 0 spiro atoms. The van der Waals surface area contributed by atoms with E-state index in [1.165, 1.54) is 0 Å². The molecule has 2 heterocycles. The van der Waals surface area contributed by atoms with E-state index in [9.17, 15) is 4.79 Å². The van der Waals surface area contributed by atoms with Gasteiger partial charge in [-0.05, 0) is 39.2 Å². The Morgan fingerprint density at radius 1 is 1.12 bits per heavy atom. The molecule has 2 atom stereocenters. The maximum Gasteiger partial charge on any atom is 0.225 e. The van der Waals surface area contributed by atoms with Gasteiger partial charge in [-0.15, -0.1) is 0 Å². The van der Waals surface area contributed by atoms with Gasteiger partial charge in [0.15, 0.2) is 0 Å². The number of piperidine rings is 2. The zero-order valence-corrected chi connectivity index (χ0v) is 16.1. The smallest absolute Gasteiger partial charge is 0.225 e. The summed E-state index contributed by atoms with van der Waals surface area (Å²) in [5, 5.41) is 6.99. The number of amides is 1. The Bertz CT molecular complexity index is 592. The molecule has 6 heteroatoms. The van der Waals surface area contributed by atoms with E-state index in [0.29, 0.717) is 18.0 Å². The standard InChI is InChI=1S/C20H31N3O3/c1-14-10-15(4-7-21-14)20(24)23-8-5-16(6-9-23)22-17-11-18(25-2)13-19(12-17)26-3/h11-16,21-22H,4-10H2,1-3H3/t14-,15-/m0/s1.